The fourth-order valence-corrected chi connectivity index (χ4v) is 3.60. The molecule has 0 aliphatic heterocycles. The third-order valence-electron chi connectivity index (χ3n) is 4.62. The lowest BCUT2D eigenvalue weighted by Gasteiger charge is -2.14. The monoisotopic (exact) mass is 439 g/mol. The van der Waals surface area contributed by atoms with Crippen molar-refractivity contribution in [2.24, 2.45) is 7.05 Å². The van der Waals surface area contributed by atoms with E-state index in [-0.39, 0.29) is 23.6 Å². The van der Waals surface area contributed by atoms with Crippen molar-refractivity contribution in [2.45, 2.75) is 25.0 Å². The second-order valence-electron chi connectivity index (χ2n) is 7.03. The summed E-state index contributed by atoms with van der Waals surface area (Å²) < 4.78 is 6.89. The Bertz CT molecular complexity index is 1050. The zero-order valence-corrected chi connectivity index (χ0v) is 18.7. The molecule has 2 amide bonds. The molecule has 2 N–H and O–H groups in total. The Morgan fingerprint density at radius 2 is 1.77 bits per heavy atom. The molecule has 0 spiro atoms. The van der Waals surface area contributed by atoms with Crippen LogP contribution in [0.5, 0.6) is 5.75 Å². The van der Waals surface area contributed by atoms with E-state index in [1.165, 1.54) is 11.8 Å². The highest BCUT2D eigenvalue weighted by molar-refractivity contribution is 7.99. The summed E-state index contributed by atoms with van der Waals surface area (Å²) in [7, 11) is 3.39. The van der Waals surface area contributed by atoms with E-state index < -0.39 is 0 Å². The number of benzene rings is 2. The average Bonchev–Trinajstić information content (AvgIpc) is 3.14. The van der Waals surface area contributed by atoms with Gasteiger partial charge in [-0.2, -0.15) is 0 Å². The highest BCUT2D eigenvalue weighted by atomic mass is 32.2. The van der Waals surface area contributed by atoms with Gasteiger partial charge in [0.05, 0.1) is 18.9 Å². The zero-order valence-electron chi connectivity index (χ0n) is 17.9. The van der Waals surface area contributed by atoms with Gasteiger partial charge in [0.15, 0.2) is 11.0 Å². The quantitative estimate of drug-likeness (QED) is 0.523. The smallest absolute Gasteiger partial charge is 0.251 e. The number of aromatic nitrogens is 3. The standard InChI is InChI=1S/C22H25N5O3S/c1-14-5-9-17(10-6-14)24-19(28)13-31-22-26-25-20(27(22)3)15(2)23-21(29)16-7-11-18(30-4)12-8-16/h5-12,15H,13H2,1-4H3,(H,23,29)(H,24,28)/t15-/m0/s1. The van der Waals surface area contributed by atoms with Gasteiger partial charge in [-0.3, -0.25) is 9.59 Å². The molecule has 1 heterocycles. The van der Waals surface area contributed by atoms with E-state index in [9.17, 15) is 9.59 Å². The molecule has 0 bridgehead atoms. The van der Waals surface area contributed by atoms with Crippen molar-refractivity contribution in [1.82, 2.24) is 20.1 Å². The number of thioether (sulfide) groups is 1. The van der Waals surface area contributed by atoms with Crippen LogP contribution in [0.3, 0.4) is 0 Å². The lowest BCUT2D eigenvalue weighted by Crippen LogP contribution is -2.28. The Kier molecular flexibility index (Phi) is 7.30. The van der Waals surface area contributed by atoms with Crippen molar-refractivity contribution in [3.05, 3.63) is 65.5 Å². The fourth-order valence-electron chi connectivity index (χ4n) is 2.88. The van der Waals surface area contributed by atoms with E-state index in [0.717, 1.165) is 11.3 Å². The van der Waals surface area contributed by atoms with E-state index in [0.29, 0.717) is 22.3 Å². The van der Waals surface area contributed by atoms with Crippen molar-refractivity contribution in [1.29, 1.82) is 0 Å². The molecule has 0 aliphatic rings. The van der Waals surface area contributed by atoms with Crippen LogP contribution in [0.4, 0.5) is 5.69 Å². The topological polar surface area (TPSA) is 98.1 Å². The van der Waals surface area contributed by atoms with Crippen LogP contribution in [0.15, 0.2) is 53.7 Å². The third kappa shape index (κ3) is 5.85. The Hall–Kier alpha value is -3.33. The van der Waals surface area contributed by atoms with Crippen molar-refractivity contribution in [3.63, 3.8) is 0 Å². The van der Waals surface area contributed by atoms with Crippen LogP contribution in [0.2, 0.25) is 0 Å². The second-order valence-corrected chi connectivity index (χ2v) is 7.97. The highest BCUT2D eigenvalue weighted by Gasteiger charge is 2.19. The SMILES string of the molecule is COc1ccc(C(=O)N[C@@H](C)c2nnc(SCC(=O)Nc3ccc(C)cc3)n2C)cc1. The van der Waals surface area contributed by atoms with Crippen LogP contribution in [0.1, 0.15) is 34.7 Å². The number of amides is 2. The maximum Gasteiger partial charge on any atom is 0.251 e. The van der Waals surface area contributed by atoms with E-state index in [4.69, 9.17) is 4.74 Å². The van der Waals surface area contributed by atoms with Crippen molar-refractivity contribution < 1.29 is 14.3 Å². The van der Waals surface area contributed by atoms with E-state index in [1.54, 1.807) is 35.9 Å². The van der Waals surface area contributed by atoms with Crippen LogP contribution in [-0.2, 0) is 11.8 Å². The molecular formula is C22H25N5O3S. The fraction of sp³-hybridized carbons (Fsp3) is 0.273. The lowest BCUT2D eigenvalue weighted by molar-refractivity contribution is -0.113. The number of ether oxygens (including phenoxy) is 1. The summed E-state index contributed by atoms with van der Waals surface area (Å²) in [5.41, 5.74) is 2.41. The predicted octanol–water partition coefficient (Wildman–Crippen LogP) is 3.35. The summed E-state index contributed by atoms with van der Waals surface area (Å²) in [6.45, 7) is 3.83. The summed E-state index contributed by atoms with van der Waals surface area (Å²) in [4.78, 5) is 24.7. The maximum absolute atomic E-state index is 12.5. The van der Waals surface area contributed by atoms with Gasteiger partial charge in [-0.25, -0.2) is 0 Å². The molecule has 31 heavy (non-hydrogen) atoms. The number of carbonyl (C=O) groups is 2. The first-order valence-electron chi connectivity index (χ1n) is 9.71. The minimum absolute atomic E-state index is 0.126. The van der Waals surface area contributed by atoms with Crippen molar-refractivity contribution in [3.8, 4) is 5.75 Å². The third-order valence-corrected chi connectivity index (χ3v) is 5.64. The molecule has 1 aromatic heterocycles. The van der Waals surface area contributed by atoms with Gasteiger partial charge in [0.1, 0.15) is 5.75 Å². The number of hydrogen-bond acceptors (Lipinski definition) is 6. The van der Waals surface area contributed by atoms with Crippen LogP contribution >= 0.6 is 11.8 Å². The van der Waals surface area contributed by atoms with Crippen LogP contribution in [0, 0.1) is 6.92 Å². The normalized spacial score (nSPS) is 11.6. The van der Waals surface area contributed by atoms with Crippen LogP contribution < -0.4 is 15.4 Å². The van der Waals surface area contributed by atoms with E-state index in [2.05, 4.69) is 20.8 Å². The van der Waals surface area contributed by atoms with Crippen molar-refractivity contribution in [2.75, 3.05) is 18.2 Å². The largest absolute Gasteiger partial charge is 0.497 e. The molecule has 0 saturated heterocycles. The predicted molar refractivity (Wildman–Crippen MR) is 120 cm³/mol. The molecule has 1 atom stereocenters. The van der Waals surface area contributed by atoms with E-state index in [1.807, 2.05) is 45.2 Å². The molecular weight excluding hydrogens is 414 g/mol. The lowest BCUT2D eigenvalue weighted by atomic mass is 10.2. The average molecular weight is 440 g/mol. The molecule has 8 nitrogen and oxygen atoms in total. The number of carbonyl (C=O) groups excluding carboxylic acids is 2. The molecule has 162 valence electrons. The number of nitrogens with zero attached hydrogens (tertiary/aromatic N) is 3. The Morgan fingerprint density at radius 3 is 2.42 bits per heavy atom. The molecule has 9 heteroatoms. The van der Waals surface area contributed by atoms with Gasteiger partial charge in [-0.1, -0.05) is 29.5 Å². The molecule has 0 aliphatic carbocycles. The maximum atomic E-state index is 12.5. The van der Waals surface area contributed by atoms with Gasteiger partial charge < -0.3 is 19.9 Å². The number of rotatable bonds is 8. The summed E-state index contributed by atoms with van der Waals surface area (Å²) in [6, 6.07) is 14.1. The Labute approximate surface area is 185 Å². The molecule has 0 unspecified atom stereocenters. The van der Waals surface area contributed by atoms with Gasteiger partial charge in [0.2, 0.25) is 5.91 Å². The number of nitrogens with one attached hydrogen (secondary N) is 2. The highest BCUT2D eigenvalue weighted by Crippen LogP contribution is 2.20. The molecule has 3 aromatic rings. The van der Waals surface area contributed by atoms with Gasteiger partial charge in [0.25, 0.3) is 5.91 Å². The summed E-state index contributed by atoms with van der Waals surface area (Å²) in [5.74, 6) is 1.14. The van der Waals surface area contributed by atoms with Crippen molar-refractivity contribution >= 4 is 29.3 Å². The molecule has 2 aromatic carbocycles. The first-order valence-corrected chi connectivity index (χ1v) is 10.7. The number of aryl methyl sites for hydroxylation is 1. The van der Waals surface area contributed by atoms with Crippen LogP contribution in [0.25, 0.3) is 0 Å². The van der Waals surface area contributed by atoms with Gasteiger partial charge in [0, 0.05) is 18.3 Å². The summed E-state index contributed by atoms with van der Waals surface area (Å²) in [5, 5.41) is 14.7. The first-order chi connectivity index (χ1) is 14.9. The zero-order chi connectivity index (χ0) is 22.4. The minimum atomic E-state index is -0.358. The molecule has 0 saturated carbocycles. The molecule has 0 radical (unpaired) electrons. The number of anilines is 1. The molecule has 0 fully saturated rings. The Balaban J connectivity index is 1.56. The number of methoxy groups -OCH3 is 1. The Morgan fingerprint density at radius 1 is 1.10 bits per heavy atom. The van der Waals surface area contributed by atoms with Gasteiger partial charge in [-0.15, -0.1) is 10.2 Å². The van der Waals surface area contributed by atoms with Gasteiger partial charge in [-0.05, 0) is 50.2 Å². The summed E-state index contributed by atoms with van der Waals surface area (Å²) >= 11 is 1.29. The molecule has 3 rings (SSSR count). The van der Waals surface area contributed by atoms with Crippen LogP contribution in [-0.4, -0.2) is 39.4 Å². The first kappa shape index (κ1) is 22.4. The minimum Gasteiger partial charge on any atom is -0.497 e. The van der Waals surface area contributed by atoms with E-state index >= 15 is 0 Å². The van der Waals surface area contributed by atoms with Gasteiger partial charge >= 0.3 is 0 Å². The second kappa shape index (κ2) is 10.1. The number of hydrogen-bond donors (Lipinski definition) is 2. The summed E-state index contributed by atoms with van der Waals surface area (Å²) in [6.07, 6.45) is 0.